The zero-order valence-corrected chi connectivity index (χ0v) is 12.5. The molecule has 0 aliphatic heterocycles. The second-order valence-corrected chi connectivity index (χ2v) is 6.02. The number of aliphatic hydroxyl groups is 1. The summed E-state index contributed by atoms with van der Waals surface area (Å²) in [5, 5.41) is 19.0. The number of carbonyl (C=O) groups is 1. The van der Waals surface area contributed by atoms with Crippen LogP contribution in [-0.2, 0) is 11.3 Å². The van der Waals surface area contributed by atoms with Crippen LogP contribution in [0.3, 0.4) is 0 Å². The number of nitrogens with zero attached hydrogens (tertiary/aromatic N) is 1. The van der Waals surface area contributed by atoms with Crippen molar-refractivity contribution in [3.63, 3.8) is 0 Å². The van der Waals surface area contributed by atoms with Gasteiger partial charge in [-0.3, -0.25) is 4.90 Å². The van der Waals surface area contributed by atoms with Crippen LogP contribution in [0, 0.1) is 0 Å². The molecule has 2 rings (SSSR count). The topological polar surface area (TPSA) is 60.8 Å². The Balaban J connectivity index is 1.89. The number of aliphatic carboxylic acids is 1. The molecular weight excluding hydrogens is 266 g/mol. The monoisotopic (exact) mass is 289 g/mol. The summed E-state index contributed by atoms with van der Waals surface area (Å²) in [5.41, 5.74) is 1.52. The lowest BCUT2D eigenvalue weighted by molar-refractivity contribution is -0.131. The van der Waals surface area contributed by atoms with Crippen LogP contribution in [0.5, 0.6) is 0 Å². The van der Waals surface area contributed by atoms with E-state index in [1.54, 1.807) is 6.08 Å². The van der Waals surface area contributed by atoms with Crippen molar-refractivity contribution in [1.29, 1.82) is 0 Å². The van der Waals surface area contributed by atoms with Gasteiger partial charge in [0.1, 0.15) is 0 Å². The Morgan fingerprint density at radius 1 is 1.29 bits per heavy atom. The summed E-state index contributed by atoms with van der Waals surface area (Å²) < 4.78 is 0. The lowest BCUT2D eigenvalue weighted by Gasteiger charge is -2.28. The van der Waals surface area contributed by atoms with E-state index in [2.05, 4.69) is 4.90 Å². The molecule has 2 N–H and O–H groups in total. The van der Waals surface area contributed by atoms with Gasteiger partial charge in [-0.25, -0.2) is 4.79 Å². The summed E-state index contributed by atoms with van der Waals surface area (Å²) in [7, 11) is 2.02. The van der Waals surface area contributed by atoms with E-state index in [1.807, 2.05) is 31.3 Å². The average molecular weight is 289 g/mol. The largest absolute Gasteiger partial charge is 0.478 e. The van der Waals surface area contributed by atoms with Gasteiger partial charge in [-0.2, -0.15) is 0 Å². The van der Waals surface area contributed by atoms with Crippen molar-refractivity contribution < 1.29 is 15.0 Å². The second kappa shape index (κ2) is 6.87. The number of carboxylic acids is 1. The number of likely N-dealkylation sites (N-methyl/N-ethyl adjacent to an activating group) is 1. The van der Waals surface area contributed by atoms with Crippen molar-refractivity contribution in [1.82, 2.24) is 4.90 Å². The van der Waals surface area contributed by atoms with E-state index in [-0.39, 0.29) is 0 Å². The molecule has 1 aromatic carbocycles. The molecule has 0 atom stereocenters. The van der Waals surface area contributed by atoms with Crippen molar-refractivity contribution >= 4 is 12.0 Å². The number of benzene rings is 1. The van der Waals surface area contributed by atoms with Gasteiger partial charge in [0.05, 0.1) is 5.60 Å². The van der Waals surface area contributed by atoms with E-state index >= 15 is 0 Å². The predicted molar refractivity (Wildman–Crippen MR) is 82.9 cm³/mol. The molecule has 0 spiro atoms. The Kier molecular flexibility index (Phi) is 5.15. The third kappa shape index (κ3) is 4.99. The molecular formula is C17H23NO3. The minimum Gasteiger partial charge on any atom is -0.478 e. The van der Waals surface area contributed by atoms with Crippen LogP contribution in [0.25, 0.3) is 6.08 Å². The van der Waals surface area contributed by atoms with Gasteiger partial charge < -0.3 is 10.2 Å². The maximum Gasteiger partial charge on any atom is 0.328 e. The minimum absolute atomic E-state index is 0.515. The van der Waals surface area contributed by atoms with Crippen LogP contribution < -0.4 is 0 Å². The van der Waals surface area contributed by atoms with Crippen molar-refractivity contribution in [3.05, 3.63) is 41.5 Å². The predicted octanol–water partition coefficient (Wildman–Crippen LogP) is 2.52. The summed E-state index contributed by atoms with van der Waals surface area (Å²) in [6.45, 7) is 1.49. The van der Waals surface area contributed by atoms with Gasteiger partial charge >= 0.3 is 5.97 Å². The molecule has 114 valence electrons. The fourth-order valence-electron chi connectivity index (χ4n) is 2.96. The van der Waals surface area contributed by atoms with E-state index in [9.17, 15) is 9.90 Å². The van der Waals surface area contributed by atoms with E-state index in [0.29, 0.717) is 6.54 Å². The third-order valence-corrected chi connectivity index (χ3v) is 3.95. The molecule has 0 heterocycles. The second-order valence-electron chi connectivity index (χ2n) is 6.02. The molecule has 1 aliphatic carbocycles. The summed E-state index contributed by atoms with van der Waals surface area (Å²) in [6, 6.07) is 7.81. The molecule has 0 saturated heterocycles. The number of rotatable bonds is 6. The van der Waals surface area contributed by atoms with Gasteiger partial charge in [-0.05, 0) is 37.1 Å². The molecule has 0 amide bonds. The highest BCUT2D eigenvalue weighted by atomic mass is 16.4. The zero-order valence-electron chi connectivity index (χ0n) is 12.5. The molecule has 0 unspecified atom stereocenters. The SMILES string of the molecule is CN(Cc1ccc(/C=C/C(=O)O)cc1)CC1(O)CCCC1. The quantitative estimate of drug-likeness (QED) is 0.790. The summed E-state index contributed by atoms with van der Waals surface area (Å²) >= 11 is 0. The lowest BCUT2D eigenvalue weighted by atomic mass is 10.0. The van der Waals surface area contributed by atoms with Crippen LogP contribution in [0.1, 0.15) is 36.8 Å². The maximum absolute atomic E-state index is 10.5. The van der Waals surface area contributed by atoms with Gasteiger partial charge in [0.25, 0.3) is 0 Å². The Labute approximate surface area is 125 Å². The molecule has 1 aromatic rings. The van der Waals surface area contributed by atoms with Gasteiger partial charge in [-0.1, -0.05) is 37.1 Å². The van der Waals surface area contributed by atoms with Gasteiger partial charge in [0, 0.05) is 19.2 Å². The summed E-state index contributed by atoms with van der Waals surface area (Å²) in [6.07, 6.45) is 6.75. The highest BCUT2D eigenvalue weighted by Crippen LogP contribution is 2.30. The molecule has 1 fully saturated rings. The van der Waals surface area contributed by atoms with Gasteiger partial charge in [-0.15, -0.1) is 0 Å². The van der Waals surface area contributed by atoms with Crippen molar-refractivity contribution in [2.45, 2.75) is 37.8 Å². The minimum atomic E-state index is -0.941. The Morgan fingerprint density at radius 2 is 1.90 bits per heavy atom. The van der Waals surface area contributed by atoms with Crippen molar-refractivity contribution in [2.75, 3.05) is 13.6 Å². The Hall–Kier alpha value is -1.65. The molecule has 1 aliphatic rings. The average Bonchev–Trinajstić information content (AvgIpc) is 2.84. The van der Waals surface area contributed by atoms with E-state index in [1.165, 1.54) is 0 Å². The van der Waals surface area contributed by atoms with E-state index in [0.717, 1.165) is 49.4 Å². The fourth-order valence-corrected chi connectivity index (χ4v) is 2.96. The number of hydrogen-bond donors (Lipinski definition) is 2. The highest BCUT2D eigenvalue weighted by Gasteiger charge is 2.31. The molecule has 0 aromatic heterocycles. The number of hydrogen-bond acceptors (Lipinski definition) is 3. The van der Waals surface area contributed by atoms with Crippen LogP contribution >= 0.6 is 0 Å². The highest BCUT2D eigenvalue weighted by molar-refractivity contribution is 5.85. The van der Waals surface area contributed by atoms with Gasteiger partial charge in [0.15, 0.2) is 0 Å². The Bertz CT molecular complexity index is 501. The zero-order chi connectivity index (χ0) is 15.3. The maximum atomic E-state index is 10.5. The molecule has 0 radical (unpaired) electrons. The number of carboxylic acid groups (broad SMARTS) is 1. The first-order chi connectivity index (χ1) is 9.97. The van der Waals surface area contributed by atoms with Crippen molar-refractivity contribution in [3.8, 4) is 0 Å². The van der Waals surface area contributed by atoms with Gasteiger partial charge in [0.2, 0.25) is 0 Å². The van der Waals surface area contributed by atoms with Crippen molar-refractivity contribution in [2.24, 2.45) is 0 Å². The van der Waals surface area contributed by atoms with Crippen LogP contribution in [-0.4, -0.2) is 40.3 Å². The van der Waals surface area contributed by atoms with E-state index in [4.69, 9.17) is 5.11 Å². The molecule has 0 bridgehead atoms. The van der Waals surface area contributed by atoms with Crippen LogP contribution in [0.15, 0.2) is 30.3 Å². The smallest absolute Gasteiger partial charge is 0.328 e. The normalized spacial score (nSPS) is 17.7. The fraction of sp³-hybridized carbons (Fsp3) is 0.471. The first kappa shape index (κ1) is 15.7. The third-order valence-electron chi connectivity index (χ3n) is 3.95. The molecule has 4 heteroatoms. The standard InChI is InChI=1S/C17H23NO3/c1-18(13-17(21)10-2-3-11-17)12-15-6-4-14(5-7-15)8-9-16(19)20/h4-9,21H,2-3,10-13H2,1H3,(H,19,20)/b9-8+. The first-order valence-electron chi connectivity index (χ1n) is 7.38. The van der Waals surface area contributed by atoms with Crippen LogP contribution in [0.2, 0.25) is 0 Å². The first-order valence-corrected chi connectivity index (χ1v) is 7.38. The van der Waals surface area contributed by atoms with E-state index < -0.39 is 11.6 Å². The van der Waals surface area contributed by atoms with Crippen LogP contribution in [0.4, 0.5) is 0 Å². The molecule has 4 nitrogen and oxygen atoms in total. The lowest BCUT2D eigenvalue weighted by Crippen LogP contribution is -2.38. The molecule has 21 heavy (non-hydrogen) atoms. The summed E-state index contributed by atoms with van der Waals surface area (Å²) in [5.74, 6) is -0.941. The summed E-state index contributed by atoms with van der Waals surface area (Å²) in [4.78, 5) is 12.6. The molecule has 1 saturated carbocycles. The Morgan fingerprint density at radius 3 is 2.48 bits per heavy atom.